The Morgan fingerprint density at radius 1 is 1.30 bits per heavy atom. The van der Waals surface area contributed by atoms with Gasteiger partial charge in [0.2, 0.25) is 0 Å². The molecule has 0 fully saturated rings. The van der Waals surface area contributed by atoms with Crippen LogP contribution in [0.4, 0.5) is 5.69 Å². The smallest absolute Gasteiger partial charge is 0.276 e. The van der Waals surface area contributed by atoms with Gasteiger partial charge in [-0.3, -0.25) is 0 Å². The van der Waals surface area contributed by atoms with Crippen LogP contribution < -0.4 is 4.90 Å². The minimum absolute atomic E-state index is 0.146. The number of hydrogen-bond donors (Lipinski definition) is 1. The molecule has 1 aromatic carbocycles. The van der Waals surface area contributed by atoms with Crippen molar-refractivity contribution < 1.29 is 9.84 Å². The molecule has 104 valence electrons. The molecular formula is C16H18N2O2. The number of nitrogens with zero attached hydrogens (tertiary/aromatic N) is 2. The highest BCUT2D eigenvalue weighted by molar-refractivity contribution is 5.55. The maximum atomic E-state index is 9.25. The summed E-state index contributed by atoms with van der Waals surface area (Å²) in [7, 11) is 1.83. The van der Waals surface area contributed by atoms with Gasteiger partial charge in [-0.05, 0) is 25.1 Å². The Morgan fingerprint density at radius 2 is 1.95 bits per heavy atom. The zero-order chi connectivity index (χ0) is 14.8. The number of aliphatic hydroxyl groups is 1. The predicted octanol–water partition coefficient (Wildman–Crippen LogP) is 3.52. The quantitative estimate of drug-likeness (QED) is 0.488. The van der Waals surface area contributed by atoms with Gasteiger partial charge in [0.1, 0.15) is 11.8 Å². The van der Waals surface area contributed by atoms with Gasteiger partial charge in [0.25, 0.3) is 5.95 Å². The SMILES string of the molecule is CCOC(O)=C/C=C/C=C(/C#N)N(C)c1ccccc1. The molecule has 0 aliphatic rings. The molecule has 0 bridgehead atoms. The van der Waals surface area contributed by atoms with Crippen molar-refractivity contribution in [2.24, 2.45) is 0 Å². The van der Waals surface area contributed by atoms with Crippen LogP contribution in [0.15, 0.2) is 66.3 Å². The van der Waals surface area contributed by atoms with Crippen LogP contribution in [-0.4, -0.2) is 18.8 Å². The van der Waals surface area contributed by atoms with Crippen molar-refractivity contribution in [1.29, 1.82) is 5.26 Å². The monoisotopic (exact) mass is 270 g/mol. The van der Waals surface area contributed by atoms with Gasteiger partial charge in [0.05, 0.1) is 6.61 Å². The van der Waals surface area contributed by atoms with Crippen LogP contribution in [0.3, 0.4) is 0 Å². The van der Waals surface area contributed by atoms with Crippen LogP contribution in [0, 0.1) is 11.3 Å². The lowest BCUT2D eigenvalue weighted by Gasteiger charge is -2.17. The van der Waals surface area contributed by atoms with Crippen molar-refractivity contribution in [3.63, 3.8) is 0 Å². The summed E-state index contributed by atoms with van der Waals surface area (Å²) in [6.07, 6.45) is 6.38. The van der Waals surface area contributed by atoms with E-state index in [4.69, 9.17) is 10.00 Å². The molecular weight excluding hydrogens is 252 g/mol. The molecule has 0 amide bonds. The standard InChI is InChI=1S/C16H18N2O2/c1-3-20-16(19)12-8-7-11-15(13-17)18(2)14-9-5-4-6-10-14/h4-12,19H,3H2,1-2H3/b8-7+,15-11-,16-12?. The van der Waals surface area contributed by atoms with Crippen molar-refractivity contribution in [2.45, 2.75) is 6.92 Å². The molecule has 4 nitrogen and oxygen atoms in total. The third kappa shape index (κ3) is 4.91. The summed E-state index contributed by atoms with van der Waals surface area (Å²) in [5.74, 6) is -0.146. The van der Waals surface area contributed by atoms with Crippen molar-refractivity contribution in [1.82, 2.24) is 0 Å². The van der Waals surface area contributed by atoms with Crippen LogP contribution >= 0.6 is 0 Å². The third-order valence-electron chi connectivity index (χ3n) is 2.52. The Bertz CT molecular complexity index is 539. The second kappa shape index (κ2) is 8.44. The third-order valence-corrected chi connectivity index (χ3v) is 2.52. The summed E-state index contributed by atoms with van der Waals surface area (Å²) in [6, 6.07) is 11.7. The maximum absolute atomic E-state index is 9.25. The summed E-state index contributed by atoms with van der Waals surface area (Å²) >= 11 is 0. The first-order chi connectivity index (χ1) is 9.69. The molecule has 0 saturated carbocycles. The van der Waals surface area contributed by atoms with E-state index in [0.717, 1.165) is 5.69 Å². The second-order valence-electron chi connectivity index (χ2n) is 3.88. The molecule has 0 aromatic heterocycles. The number of hydrogen-bond acceptors (Lipinski definition) is 4. The summed E-state index contributed by atoms with van der Waals surface area (Å²) < 4.78 is 4.86. The molecule has 0 aliphatic heterocycles. The number of benzene rings is 1. The Balaban J connectivity index is 2.76. The second-order valence-corrected chi connectivity index (χ2v) is 3.88. The van der Waals surface area contributed by atoms with E-state index < -0.39 is 0 Å². The predicted molar refractivity (Wildman–Crippen MR) is 80.0 cm³/mol. The van der Waals surface area contributed by atoms with Gasteiger partial charge < -0.3 is 14.7 Å². The van der Waals surface area contributed by atoms with Gasteiger partial charge in [-0.25, -0.2) is 0 Å². The molecule has 0 unspecified atom stereocenters. The van der Waals surface area contributed by atoms with Crippen LogP contribution in [0.25, 0.3) is 0 Å². The van der Waals surface area contributed by atoms with Crippen LogP contribution in [-0.2, 0) is 4.74 Å². The number of anilines is 1. The Kier molecular flexibility index (Phi) is 6.49. The highest BCUT2D eigenvalue weighted by Gasteiger charge is 2.04. The van der Waals surface area contributed by atoms with Gasteiger partial charge in [0.15, 0.2) is 0 Å². The number of allylic oxidation sites excluding steroid dienone is 5. The van der Waals surface area contributed by atoms with Gasteiger partial charge in [-0.15, -0.1) is 0 Å². The Hall–Kier alpha value is -2.67. The molecule has 0 saturated heterocycles. The van der Waals surface area contributed by atoms with Crippen molar-refractivity contribution in [2.75, 3.05) is 18.6 Å². The minimum Gasteiger partial charge on any atom is -0.481 e. The molecule has 0 radical (unpaired) electrons. The van der Waals surface area contributed by atoms with Gasteiger partial charge >= 0.3 is 0 Å². The molecule has 1 aromatic rings. The summed E-state index contributed by atoms with van der Waals surface area (Å²) in [6.45, 7) is 2.20. The summed E-state index contributed by atoms with van der Waals surface area (Å²) in [5, 5.41) is 18.4. The van der Waals surface area contributed by atoms with Crippen LogP contribution in [0.1, 0.15) is 6.92 Å². The van der Waals surface area contributed by atoms with E-state index in [9.17, 15) is 5.11 Å². The molecule has 1 rings (SSSR count). The Labute approximate surface area is 119 Å². The van der Waals surface area contributed by atoms with Crippen LogP contribution in [0.5, 0.6) is 0 Å². The average Bonchev–Trinajstić information content (AvgIpc) is 2.48. The molecule has 0 aliphatic carbocycles. The Morgan fingerprint density at radius 3 is 2.55 bits per heavy atom. The van der Waals surface area contributed by atoms with E-state index in [1.54, 1.807) is 30.1 Å². The highest BCUT2D eigenvalue weighted by atomic mass is 16.6. The number of rotatable bonds is 6. The number of nitriles is 1. The van der Waals surface area contributed by atoms with Crippen molar-refractivity contribution in [3.05, 3.63) is 66.3 Å². The maximum Gasteiger partial charge on any atom is 0.276 e. The first kappa shape index (κ1) is 15.4. The lowest BCUT2D eigenvalue weighted by molar-refractivity contribution is 0.103. The van der Waals surface area contributed by atoms with E-state index >= 15 is 0 Å². The molecule has 20 heavy (non-hydrogen) atoms. The molecule has 0 atom stereocenters. The topological polar surface area (TPSA) is 56.5 Å². The highest BCUT2D eigenvalue weighted by Crippen LogP contribution is 2.15. The summed E-state index contributed by atoms with van der Waals surface area (Å²) in [4.78, 5) is 1.79. The van der Waals surface area contributed by atoms with Crippen molar-refractivity contribution in [3.8, 4) is 6.07 Å². The summed E-state index contributed by atoms with van der Waals surface area (Å²) in [5.41, 5.74) is 1.43. The zero-order valence-corrected chi connectivity index (χ0v) is 11.7. The minimum atomic E-state index is -0.146. The fourth-order valence-electron chi connectivity index (χ4n) is 1.50. The van der Waals surface area contributed by atoms with E-state index in [1.165, 1.54) is 6.08 Å². The van der Waals surface area contributed by atoms with E-state index in [1.807, 2.05) is 37.4 Å². The largest absolute Gasteiger partial charge is 0.481 e. The number of aliphatic hydroxyl groups excluding tert-OH is 1. The average molecular weight is 270 g/mol. The van der Waals surface area contributed by atoms with E-state index in [-0.39, 0.29) is 5.95 Å². The molecule has 4 heteroatoms. The van der Waals surface area contributed by atoms with Crippen molar-refractivity contribution >= 4 is 5.69 Å². The normalized spacial score (nSPS) is 12.2. The fourth-order valence-corrected chi connectivity index (χ4v) is 1.50. The van der Waals surface area contributed by atoms with Gasteiger partial charge in [0, 0.05) is 18.8 Å². The fraction of sp³-hybridized carbons (Fsp3) is 0.188. The first-order valence-corrected chi connectivity index (χ1v) is 6.28. The first-order valence-electron chi connectivity index (χ1n) is 6.28. The van der Waals surface area contributed by atoms with Crippen LogP contribution in [0.2, 0.25) is 0 Å². The van der Waals surface area contributed by atoms with Gasteiger partial charge in [-0.1, -0.05) is 30.4 Å². The molecule has 1 N–H and O–H groups in total. The molecule has 0 spiro atoms. The number of para-hydroxylation sites is 1. The zero-order valence-electron chi connectivity index (χ0n) is 11.7. The van der Waals surface area contributed by atoms with E-state index in [2.05, 4.69) is 6.07 Å². The number of ether oxygens (including phenoxy) is 1. The lowest BCUT2D eigenvalue weighted by Crippen LogP contribution is -2.14. The van der Waals surface area contributed by atoms with E-state index in [0.29, 0.717) is 12.3 Å². The molecule has 0 heterocycles. The lowest BCUT2D eigenvalue weighted by atomic mass is 10.2. The van der Waals surface area contributed by atoms with Gasteiger partial charge in [-0.2, -0.15) is 5.26 Å².